The monoisotopic (exact) mass is 497 g/mol. The molecule has 1 saturated heterocycles. The number of imidazole rings is 1. The molecule has 9 heteroatoms. The maximum absolute atomic E-state index is 14.2. The van der Waals surface area contributed by atoms with E-state index in [1.54, 1.807) is 6.07 Å². The van der Waals surface area contributed by atoms with Gasteiger partial charge in [-0.1, -0.05) is 17.3 Å². The Labute approximate surface area is 203 Å². The number of benzene rings is 2. The van der Waals surface area contributed by atoms with Crippen LogP contribution in [0, 0.1) is 19.7 Å². The van der Waals surface area contributed by atoms with Crippen molar-refractivity contribution < 1.29 is 22.1 Å². The van der Waals surface area contributed by atoms with Crippen molar-refractivity contribution in [2.45, 2.75) is 45.6 Å². The van der Waals surface area contributed by atoms with Crippen LogP contribution in [0.1, 0.15) is 41.7 Å². The highest BCUT2D eigenvalue weighted by molar-refractivity contribution is 7.91. The van der Waals surface area contributed by atoms with Gasteiger partial charge in [0.15, 0.2) is 11.6 Å². The van der Waals surface area contributed by atoms with Crippen molar-refractivity contribution in [1.29, 1.82) is 0 Å². The van der Waals surface area contributed by atoms with Crippen molar-refractivity contribution in [3.05, 3.63) is 65.1 Å². The third kappa shape index (κ3) is 4.57. The third-order valence-electron chi connectivity index (χ3n) is 6.83. The lowest BCUT2D eigenvalue weighted by molar-refractivity contribution is 0.386. The second-order valence-corrected chi connectivity index (χ2v) is 11.5. The Morgan fingerprint density at radius 3 is 2.54 bits per heavy atom. The fraction of sp³-hybridized carbons (Fsp3) is 0.385. The third-order valence-corrected chi connectivity index (χ3v) is 8.54. The zero-order valence-corrected chi connectivity index (χ0v) is 20.9. The van der Waals surface area contributed by atoms with E-state index in [1.165, 1.54) is 13.2 Å². The van der Waals surface area contributed by atoms with Gasteiger partial charge in [-0.25, -0.2) is 17.8 Å². The van der Waals surface area contributed by atoms with Gasteiger partial charge in [0.05, 0.1) is 35.3 Å². The van der Waals surface area contributed by atoms with Crippen LogP contribution in [0.15, 0.2) is 40.9 Å². The molecule has 0 unspecified atom stereocenters. The Hall–Kier alpha value is -3.20. The lowest BCUT2D eigenvalue weighted by Gasteiger charge is -2.26. The van der Waals surface area contributed by atoms with E-state index < -0.39 is 9.84 Å². The summed E-state index contributed by atoms with van der Waals surface area (Å²) in [6.07, 6.45) is 2.32. The first-order chi connectivity index (χ1) is 16.8. The summed E-state index contributed by atoms with van der Waals surface area (Å²) < 4.78 is 50.9. The van der Waals surface area contributed by atoms with Crippen molar-refractivity contribution >= 4 is 20.9 Å². The van der Waals surface area contributed by atoms with Crippen LogP contribution in [0.4, 0.5) is 4.39 Å². The minimum absolute atomic E-state index is 0.0519. The molecule has 0 N–H and O–H groups in total. The summed E-state index contributed by atoms with van der Waals surface area (Å²) in [7, 11) is -1.54. The standard InChI is InChI=1S/C26H28FN3O4S/c1-16-26(17(2)34-29-16)19-6-7-23-22(15-19)28-25(30(23)20-10-12-35(31,32)13-11-20)9-5-18-4-8-24(33-3)21(27)14-18/h4,6-8,14-15,20H,5,9-13H2,1-3H3. The van der Waals surface area contributed by atoms with E-state index in [0.717, 1.165) is 45.0 Å². The Morgan fingerprint density at radius 1 is 1.11 bits per heavy atom. The molecule has 1 fully saturated rings. The average Bonchev–Trinajstić information content (AvgIpc) is 3.36. The maximum Gasteiger partial charge on any atom is 0.165 e. The highest BCUT2D eigenvalue weighted by Crippen LogP contribution is 2.34. The first-order valence-electron chi connectivity index (χ1n) is 11.7. The number of aromatic nitrogens is 3. The lowest BCUT2D eigenvalue weighted by Crippen LogP contribution is -2.26. The molecule has 1 aliphatic heterocycles. The van der Waals surface area contributed by atoms with Crippen LogP contribution < -0.4 is 4.74 Å². The smallest absolute Gasteiger partial charge is 0.165 e. The molecule has 5 rings (SSSR count). The average molecular weight is 498 g/mol. The van der Waals surface area contributed by atoms with Gasteiger partial charge >= 0.3 is 0 Å². The van der Waals surface area contributed by atoms with Gasteiger partial charge < -0.3 is 13.8 Å². The summed E-state index contributed by atoms with van der Waals surface area (Å²) in [5.74, 6) is 1.81. The van der Waals surface area contributed by atoms with Gasteiger partial charge in [-0.15, -0.1) is 0 Å². The van der Waals surface area contributed by atoms with Gasteiger partial charge in [0.1, 0.15) is 21.4 Å². The number of ether oxygens (including phenoxy) is 1. The number of halogens is 1. The van der Waals surface area contributed by atoms with Crippen molar-refractivity contribution in [3.63, 3.8) is 0 Å². The fourth-order valence-electron chi connectivity index (χ4n) is 5.04. The number of fused-ring (bicyclic) bond motifs is 1. The fourth-order valence-corrected chi connectivity index (χ4v) is 6.51. The zero-order valence-electron chi connectivity index (χ0n) is 20.0. The van der Waals surface area contributed by atoms with Crippen LogP contribution in [0.25, 0.3) is 22.2 Å². The predicted molar refractivity (Wildman–Crippen MR) is 132 cm³/mol. The molecule has 0 radical (unpaired) electrons. The van der Waals surface area contributed by atoms with Crippen LogP contribution >= 0.6 is 0 Å². The van der Waals surface area contributed by atoms with Crippen molar-refractivity contribution in [2.75, 3.05) is 18.6 Å². The largest absolute Gasteiger partial charge is 0.494 e. The molecule has 0 atom stereocenters. The molecule has 7 nitrogen and oxygen atoms in total. The molecule has 2 aromatic heterocycles. The first-order valence-corrected chi connectivity index (χ1v) is 13.5. The Morgan fingerprint density at radius 2 is 1.89 bits per heavy atom. The van der Waals surface area contributed by atoms with Gasteiger partial charge in [0, 0.05) is 18.0 Å². The molecule has 2 aromatic carbocycles. The SMILES string of the molecule is COc1ccc(CCc2nc3cc(-c4c(C)noc4C)ccc3n2C2CCS(=O)(=O)CC2)cc1F. The van der Waals surface area contributed by atoms with E-state index in [9.17, 15) is 12.8 Å². The van der Waals surface area contributed by atoms with Crippen molar-refractivity contribution in [2.24, 2.45) is 0 Å². The molecule has 35 heavy (non-hydrogen) atoms. The minimum atomic E-state index is -2.99. The normalized spacial score (nSPS) is 16.1. The van der Waals surface area contributed by atoms with Crippen LogP contribution in [-0.2, 0) is 22.7 Å². The van der Waals surface area contributed by atoms with Crippen molar-refractivity contribution in [1.82, 2.24) is 14.7 Å². The number of hydrogen-bond donors (Lipinski definition) is 0. The minimum Gasteiger partial charge on any atom is -0.494 e. The van der Waals surface area contributed by atoms with Crippen LogP contribution in [0.5, 0.6) is 5.75 Å². The van der Waals surface area contributed by atoms with Crippen molar-refractivity contribution in [3.8, 4) is 16.9 Å². The first kappa shape index (κ1) is 23.5. The summed E-state index contributed by atoms with van der Waals surface area (Å²) in [5.41, 5.74) is 5.42. The highest BCUT2D eigenvalue weighted by atomic mass is 32.2. The molecule has 0 aliphatic carbocycles. The van der Waals surface area contributed by atoms with E-state index in [1.807, 2.05) is 38.1 Å². The molecule has 1 aliphatic rings. The van der Waals surface area contributed by atoms with Gasteiger partial charge in [-0.05, 0) is 68.5 Å². The number of sulfone groups is 1. The number of nitrogens with zero attached hydrogens (tertiary/aromatic N) is 3. The maximum atomic E-state index is 14.2. The lowest BCUT2D eigenvalue weighted by atomic mass is 10.0. The van der Waals surface area contributed by atoms with E-state index in [2.05, 4.69) is 9.72 Å². The molecule has 0 spiro atoms. The van der Waals surface area contributed by atoms with Crippen LogP contribution in [0.2, 0.25) is 0 Å². The van der Waals surface area contributed by atoms with Crippen LogP contribution in [0.3, 0.4) is 0 Å². The summed E-state index contributed by atoms with van der Waals surface area (Å²) in [4.78, 5) is 4.97. The van der Waals surface area contributed by atoms with Crippen LogP contribution in [-0.4, -0.2) is 41.7 Å². The van der Waals surface area contributed by atoms with E-state index in [0.29, 0.717) is 25.7 Å². The molecule has 0 amide bonds. The number of methoxy groups -OCH3 is 1. The summed E-state index contributed by atoms with van der Waals surface area (Å²) in [6, 6.07) is 11.2. The topological polar surface area (TPSA) is 87.2 Å². The molecule has 3 heterocycles. The van der Waals surface area contributed by atoms with Gasteiger partial charge in [-0.2, -0.15) is 0 Å². The van der Waals surface area contributed by atoms with Gasteiger partial charge in [-0.3, -0.25) is 0 Å². The molecule has 4 aromatic rings. The molecular weight excluding hydrogens is 469 g/mol. The summed E-state index contributed by atoms with van der Waals surface area (Å²) >= 11 is 0. The number of rotatable bonds is 6. The van der Waals surface area contributed by atoms with Gasteiger partial charge in [0.2, 0.25) is 0 Å². The number of aryl methyl sites for hydroxylation is 4. The molecule has 0 bridgehead atoms. The molecular formula is C26H28FN3O4S. The Balaban J connectivity index is 1.53. The van der Waals surface area contributed by atoms with E-state index in [-0.39, 0.29) is 29.1 Å². The Kier molecular flexibility index (Phi) is 6.13. The van der Waals surface area contributed by atoms with E-state index >= 15 is 0 Å². The Bertz CT molecular complexity index is 1470. The second-order valence-electron chi connectivity index (χ2n) is 9.15. The van der Waals surface area contributed by atoms with Gasteiger partial charge in [0.25, 0.3) is 0 Å². The molecule has 184 valence electrons. The van der Waals surface area contributed by atoms with E-state index in [4.69, 9.17) is 14.2 Å². The highest BCUT2D eigenvalue weighted by Gasteiger charge is 2.28. The molecule has 0 saturated carbocycles. The zero-order chi connectivity index (χ0) is 24.7. The number of hydrogen-bond acceptors (Lipinski definition) is 6. The predicted octanol–water partition coefficient (Wildman–Crippen LogP) is 4.99. The second kappa shape index (κ2) is 9.11. The summed E-state index contributed by atoms with van der Waals surface area (Å²) in [5, 5.41) is 4.07. The quantitative estimate of drug-likeness (QED) is 0.373. The summed E-state index contributed by atoms with van der Waals surface area (Å²) in [6.45, 7) is 3.80.